The number of carbonyl (C=O) groups is 1. The molecule has 152 valence electrons. The average Bonchev–Trinajstić information content (AvgIpc) is 3.06. The molecule has 2 heterocycles. The van der Waals surface area contributed by atoms with Crippen LogP contribution < -0.4 is 10.6 Å². The third kappa shape index (κ3) is 5.28. The van der Waals surface area contributed by atoms with E-state index >= 15 is 0 Å². The first-order valence-corrected chi connectivity index (χ1v) is 9.17. The van der Waals surface area contributed by atoms with Gasteiger partial charge in [0.2, 0.25) is 5.95 Å². The second-order valence-electron chi connectivity index (χ2n) is 7.12. The number of aryl methyl sites for hydroxylation is 2. The van der Waals surface area contributed by atoms with Gasteiger partial charge in [-0.05, 0) is 45.6 Å². The zero-order valence-corrected chi connectivity index (χ0v) is 15.8. The molecule has 1 aliphatic carbocycles. The Bertz CT molecular complexity index is 827. The molecule has 0 aliphatic heterocycles. The lowest BCUT2D eigenvalue weighted by molar-refractivity contribution is -0.126. The molecule has 2 aromatic rings. The van der Waals surface area contributed by atoms with Gasteiger partial charge in [-0.15, -0.1) is 0 Å². The molecule has 0 atom stereocenters. The van der Waals surface area contributed by atoms with E-state index in [9.17, 15) is 18.0 Å². The average molecular weight is 396 g/mol. The molecule has 1 amide bonds. The van der Waals surface area contributed by atoms with E-state index in [1.165, 1.54) is 0 Å². The van der Waals surface area contributed by atoms with Crippen LogP contribution in [0.15, 0.2) is 18.6 Å². The summed E-state index contributed by atoms with van der Waals surface area (Å²) < 4.78 is 38.6. The van der Waals surface area contributed by atoms with Gasteiger partial charge in [0.1, 0.15) is 12.0 Å². The Hall–Kier alpha value is -2.49. The smallest absolute Gasteiger partial charge is 0.348 e. The number of amides is 1. The van der Waals surface area contributed by atoms with Crippen LogP contribution in [0, 0.1) is 13.8 Å². The van der Waals surface area contributed by atoms with Crippen LogP contribution in [0.2, 0.25) is 0 Å². The molecule has 10 heteroatoms. The number of carbonyl (C=O) groups excluding carboxylic acids is 1. The molecule has 0 saturated heterocycles. The summed E-state index contributed by atoms with van der Waals surface area (Å²) in [5, 5.41) is 5.47. The Morgan fingerprint density at radius 2 is 1.86 bits per heavy atom. The number of rotatable bonds is 5. The normalized spacial score (nSPS) is 20.2. The highest BCUT2D eigenvalue weighted by molar-refractivity contribution is 5.92. The van der Waals surface area contributed by atoms with Gasteiger partial charge in [0.25, 0.3) is 5.91 Å². The van der Waals surface area contributed by atoms with Gasteiger partial charge in [0.15, 0.2) is 0 Å². The SMILES string of the molecule is Cc1cc(C(=O)N[C@H]2CC[C@H](NCC(F)(F)F)CC2)nc(-n2cncc2C)n1. The molecule has 1 saturated carbocycles. The fraction of sp³-hybridized carbons (Fsp3) is 0.556. The molecule has 0 unspecified atom stereocenters. The monoisotopic (exact) mass is 396 g/mol. The van der Waals surface area contributed by atoms with Crippen molar-refractivity contribution in [1.29, 1.82) is 0 Å². The maximum absolute atomic E-state index is 12.6. The van der Waals surface area contributed by atoms with E-state index in [0.29, 0.717) is 37.3 Å². The van der Waals surface area contributed by atoms with Crippen molar-refractivity contribution in [3.8, 4) is 5.95 Å². The summed E-state index contributed by atoms with van der Waals surface area (Å²) in [5.74, 6) is 0.0661. The second-order valence-corrected chi connectivity index (χ2v) is 7.12. The van der Waals surface area contributed by atoms with E-state index in [0.717, 1.165) is 5.69 Å². The fourth-order valence-corrected chi connectivity index (χ4v) is 3.31. The zero-order valence-electron chi connectivity index (χ0n) is 15.8. The van der Waals surface area contributed by atoms with Crippen molar-refractivity contribution in [2.45, 2.75) is 57.8 Å². The van der Waals surface area contributed by atoms with Crippen molar-refractivity contribution < 1.29 is 18.0 Å². The van der Waals surface area contributed by atoms with Crippen molar-refractivity contribution in [3.63, 3.8) is 0 Å². The Morgan fingerprint density at radius 3 is 2.46 bits per heavy atom. The molecule has 2 N–H and O–H groups in total. The lowest BCUT2D eigenvalue weighted by Gasteiger charge is -2.30. The van der Waals surface area contributed by atoms with Gasteiger partial charge >= 0.3 is 6.18 Å². The summed E-state index contributed by atoms with van der Waals surface area (Å²) in [6.07, 6.45) is 1.48. The largest absolute Gasteiger partial charge is 0.401 e. The van der Waals surface area contributed by atoms with Crippen LogP contribution in [0.25, 0.3) is 5.95 Å². The minimum Gasteiger partial charge on any atom is -0.348 e. The summed E-state index contributed by atoms with van der Waals surface area (Å²) in [4.78, 5) is 25.3. The summed E-state index contributed by atoms with van der Waals surface area (Å²) in [6, 6.07) is 1.36. The summed E-state index contributed by atoms with van der Waals surface area (Å²) >= 11 is 0. The van der Waals surface area contributed by atoms with Gasteiger partial charge in [-0.3, -0.25) is 9.36 Å². The molecule has 0 bridgehead atoms. The van der Waals surface area contributed by atoms with Crippen LogP contribution >= 0.6 is 0 Å². The summed E-state index contributed by atoms with van der Waals surface area (Å²) in [5.41, 5.74) is 1.76. The lowest BCUT2D eigenvalue weighted by atomic mass is 9.91. The van der Waals surface area contributed by atoms with E-state index in [1.54, 1.807) is 30.1 Å². The predicted octanol–water partition coefficient (Wildman–Crippen LogP) is 2.47. The maximum Gasteiger partial charge on any atom is 0.401 e. The number of alkyl halides is 3. The highest BCUT2D eigenvalue weighted by atomic mass is 19.4. The van der Waals surface area contributed by atoms with Crippen molar-refractivity contribution in [2.24, 2.45) is 0 Å². The van der Waals surface area contributed by atoms with E-state index < -0.39 is 12.7 Å². The van der Waals surface area contributed by atoms with E-state index in [-0.39, 0.29) is 23.7 Å². The maximum atomic E-state index is 12.6. The molecule has 0 radical (unpaired) electrons. The summed E-state index contributed by atoms with van der Waals surface area (Å²) in [7, 11) is 0. The van der Waals surface area contributed by atoms with Gasteiger partial charge in [0.05, 0.1) is 6.54 Å². The first-order valence-electron chi connectivity index (χ1n) is 9.17. The Labute approximate surface area is 160 Å². The third-order valence-corrected chi connectivity index (χ3v) is 4.77. The molecular weight excluding hydrogens is 373 g/mol. The van der Waals surface area contributed by atoms with Crippen molar-refractivity contribution in [2.75, 3.05) is 6.54 Å². The number of hydrogen-bond acceptors (Lipinski definition) is 5. The van der Waals surface area contributed by atoms with Crippen molar-refractivity contribution in [1.82, 2.24) is 30.2 Å². The Balaban J connectivity index is 1.59. The molecule has 0 aromatic carbocycles. The first kappa shape index (κ1) is 20.2. The van der Waals surface area contributed by atoms with Crippen LogP contribution in [0.5, 0.6) is 0 Å². The van der Waals surface area contributed by atoms with Crippen LogP contribution in [0.4, 0.5) is 13.2 Å². The molecule has 1 aliphatic rings. The van der Waals surface area contributed by atoms with Crippen LogP contribution in [-0.2, 0) is 0 Å². The van der Waals surface area contributed by atoms with Crippen LogP contribution in [-0.4, -0.2) is 50.2 Å². The molecule has 1 fully saturated rings. The highest BCUT2D eigenvalue weighted by Gasteiger charge is 2.30. The second kappa shape index (κ2) is 8.26. The number of halogens is 3. The van der Waals surface area contributed by atoms with E-state index in [2.05, 4.69) is 25.6 Å². The number of nitrogens with zero attached hydrogens (tertiary/aromatic N) is 4. The molecule has 3 rings (SSSR count). The van der Waals surface area contributed by atoms with E-state index in [1.807, 2.05) is 6.92 Å². The molecule has 0 spiro atoms. The van der Waals surface area contributed by atoms with Gasteiger partial charge in [-0.25, -0.2) is 15.0 Å². The quantitative estimate of drug-likeness (QED) is 0.811. The van der Waals surface area contributed by atoms with Gasteiger partial charge in [0, 0.05) is 29.7 Å². The van der Waals surface area contributed by atoms with Crippen LogP contribution in [0.1, 0.15) is 47.6 Å². The fourth-order valence-electron chi connectivity index (χ4n) is 3.31. The van der Waals surface area contributed by atoms with Crippen LogP contribution in [0.3, 0.4) is 0 Å². The topological polar surface area (TPSA) is 84.7 Å². The number of imidazole rings is 1. The molecular formula is C18H23F3N6O. The van der Waals surface area contributed by atoms with Gasteiger partial charge in [-0.1, -0.05) is 0 Å². The van der Waals surface area contributed by atoms with Gasteiger partial charge in [-0.2, -0.15) is 13.2 Å². The lowest BCUT2D eigenvalue weighted by Crippen LogP contribution is -2.44. The summed E-state index contributed by atoms with van der Waals surface area (Å²) in [6.45, 7) is 2.67. The minimum atomic E-state index is -4.21. The zero-order chi connectivity index (χ0) is 20.3. The highest BCUT2D eigenvalue weighted by Crippen LogP contribution is 2.21. The number of hydrogen-bond donors (Lipinski definition) is 2. The number of aromatic nitrogens is 4. The predicted molar refractivity (Wildman–Crippen MR) is 96.2 cm³/mol. The van der Waals surface area contributed by atoms with Crippen molar-refractivity contribution >= 4 is 5.91 Å². The Morgan fingerprint density at radius 1 is 1.18 bits per heavy atom. The first-order chi connectivity index (χ1) is 13.2. The molecule has 7 nitrogen and oxygen atoms in total. The third-order valence-electron chi connectivity index (χ3n) is 4.77. The molecule has 28 heavy (non-hydrogen) atoms. The van der Waals surface area contributed by atoms with Crippen molar-refractivity contribution in [3.05, 3.63) is 35.7 Å². The van der Waals surface area contributed by atoms with E-state index in [4.69, 9.17) is 0 Å². The number of nitrogens with one attached hydrogen (secondary N) is 2. The molecule has 2 aromatic heterocycles. The van der Waals surface area contributed by atoms with Gasteiger partial charge < -0.3 is 10.6 Å². The standard InChI is InChI=1S/C18H23F3N6O/c1-11-7-15(26-17(24-11)27-10-22-8-12(27)2)16(28)25-14-5-3-13(4-6-14)23-9-18(19,20)21/h7-8,10,13-14,23H,3-6,9H2,1-2H3,(H,25,28)/t13-,14-. The minimum absolute atomic E-state index is 0.0786. The Kier molecular flexibility index (Phi) is 5.97.